The van der Waals surface area contributed by atoms with Crippen LogP contribution in [0.15, 0.2) is 70.6 Å². The molecule has 0 amide bonds. The van der Waals surface area contributed by atoms with Crippen LogP contribution in [0, 0.1) is 0 Å². The average molecular weight is 385 g/mol. The molecule has 3 rings (SSSR count). The van der Waals surface area contributed by atoms with Crippen LogP contribution in [0.1, 0.15) is 12.5 Å². The van der Waals surface area contributed by atoms with Crippen molar-refractivity contribution in [1.82, 2.24) is 9.97 Å². The van der Waals surface area contributed by atoms with Gasteiger partial charge in [0.2, 0.25) is 0 Å². The van der Waals surface area contributed by atoms with Crippen molar-refractivity contribution in [3.05, 3.63) is 71.3 Å². The number of nitrogens with zero attached hydrogens (tertiary/aromatic N) is 1. The lowest BCUT2D eigenvalue weighted by atomic mass is 10.1. The Balaban J connectivity index is 2.16. The summed E-state index contributed by atoms with van der Waals surface area (Å²) in [6.07, 6.45) is 7.91. The maximum absolute atomic E-state index is 5.81. The van der Waals surface area contributed by atoms with Crippen molar-refractivity contribution in [3.63, 3.8) is 0 Å². The topological polar surface area (TPSA) is 37.9 Å². The molecular formula is C21H21ClN2OS. The zero-order valence-corrected chi connectivity index (χ0v) is 16.4. The molecule has 2 aromatic heterocycles. The first-order chi connectivity index (χ1) is 12.8. The summed E-state index contributed by atoms with van der Waals surface area (Å²) in [5.41, 5.74) is 4.22. The predicted molar refractivity (Wildman–Crippen MR) is 112 cm³/mol. The number of hydrogen-bond donors (Lipinski definition) is 1. The van der Waals surface area contributed by atoms with E-state index < -0.39 is 0 Å². The highest BCUT2D eigenvalue weighted by Crippen LogP contribution is 2.41. The third-order valence-corrected chi connectivity index (χ3v) is 5.40. The van der Waals surface area contributed by atoms with Crippen LogP contribution in [0.2, 0.25) is 0 Å². The SMILES string of the molecule is C/C=C(\C=C/CCl)Sc1c(-c2ccccc2COC)[nH]c2ncccc12. The van der Waals surface area contributed by atoms with Crippen molar-refractivity contribution in [1.29, 1.82) is 0 Å². The van der Waals surface area contributed by atoms with Gasteiger partial charge in [0.15, 0.2) is 0 Å². The molecule has 0 fully saturated rings. The van der Waals surface area contributed by atoms with Crippen LogP contribution in [0.25, 0.3) is 22.3 Å². The van der Waals surface area contributed by atoms with Crippen LogP contribution in [0.5, 0.6) is 0 Å². The molecule has 0 radical (unpaired) electrons. The van der Waals surface area contributed by atoms with Crippen LogP contribution in [-0.4, -0.2) is 23.0 Å². The van der Waals surface area contributed by atoms with Crippen LogP contribution < -0.4 is 0 Å². The Labute approximate surface area is 163 Å². The lowest BCUT2D eigenvalue weighted by Gasteiger charge is -2.10. The van der Waals surface area contributed by atoms with Gasteiger partial charge in [-0.1, -0.05) is 54.3 Å². The van der Waals surface area contributed by atoms with Gasteiger partial charge in [-0.25, -0.2) is 4.98 Å². The molecule has 0 aliphatic rings. The molecule has 2 heterocycles. The Morgan fingerprint density at radius 2 is 2.12 bits per heavy atom. The standard InChI is InChI=1S/C21H21ClN2OS/c1-3-16(9-6-12-22)26-20-18-11-7-13-23-21(18)24-19(20)17-10-5-4-8-15(17)14-25-2/h3-11,13H,12,14H2,1-2H3,(H,23,24)/b9-6-,16-3+. The molecule has 5 heteroatoms. The highest BCUT2D eigenvalue weighted by Gasteiger charge is 2.17. The van der Waals surface area contributed by atoms with Gasteiger partial charge in [-0.2, -0.15) is 0 Å². The summed E-state index contributed by atoms with van der Waals surface area (Å²) in [5.74, 6) is 0.497. The minimum Gasteiger partial charge on any atom is -0.380 e. The van der Waals surface area contributed by atoms with Crippen LogP contribution in [-0.2, 0) is 11.3 Å². The van der Waals surface area contributed by atoms with Gasteiger partial charge in [-0.05, 0) is 24.6 Å². The van der Waals surface area contributed by atoms with E-state index in [1.807, 2.05) is 37.4 Å². The summed E-state index contributed by atoms with van der Waals surface area (Å²) in [7, 11) is 1.72. The number of nitrogens with one attached hydrogen (secondary N) is 1. The number of aromatic amines is 1. The van der Waals surface area contributed by atoms with E-state index in [9.17, 15) is 0 Å². The lowest BCUT2D eigenvalue weighted by Crippen LogP contribution is -1.93. The fourth-order valence-electron chi connectivity index (χ4n) is 2.81. The molecule has 1 N–H and O–H groups in total. The van der Waals surface area contributed by atoms with E-state index >= 15 is 0 Å². The molecule has 0 atom stereocenters. The molecule has 0 saturated carbocycles. The van der Waals surface area contributed by atoms with E-state index in [4.69, 9.17) is 16.3 Å². The Morgan fingerprint density at radius 1 is 1.27 bits per heavy atom. The van der Waals surface area contributed by atoms with Gasteiger partial charge in [0.25, 0.3) is 0 Å². The predicted octanol–water partition coefficient (Wildman–Crippen LogP) is 6.17. The number of pyridine rings is 1. The zero-order valence-electron chi connectivity index (χ0n) is 14.8. The second-order valence-corrected chi connectivity index (χ2v) is 7.06. The summed E-state index contributed by atoms with van der Waals surface area (Å²) >= 11 is 7.53. The summed E-state index contributed by atoms with van der Waals surface area (Å²) < 4.78 is 5.39. The monoisotopic (exact) mass is 384 g/mol. The van der Waals surface area contributed by atoms with Gasteiger partial charge in [0, 0.05) is 39.9 Å². The molecule has 0 aliphatic carbocycles. The fraction of sp³-hybridized carbons (Fsp3) is 0.190. The van der Waals surface area contributed by atoms with Crippen molar-refractivity contribution in [3.8, 4) is 11.3 Å². The molecule has 1 aromatic carbocycles. The fourth-order valence-corrected chi connectivity index (χ4v) is 3.95. The zero-order chi connectivity index (χ0) is 18.4. The summed E-state index contributed by atoms with van der Waals surface area (Å²) in [5, 5.41) is 1.11. The van der Waals surface area contributed by atoms with E-state index in [2.05, 4.69) is 40.3 Å². The van der Waals surface area contributed by atoms with Gasteiger partial charge in [-0.15, -0.1) is 11.6 Å². The highest BCUT2D eigenvalue weighted by molar-refractivity contribution is 8.03. The number of fused-ring (bicyclic) bond motifs is 1. The van der Waals surface area contributed by atoms with E-state index in [-0.39, 0.29) is 0 Å². The van der Waals surface area contributed by atoms with Crippen LogP contribution in [0.4, 0.5) is 0 Å². The minimum atomic E-state index is 0.497. The van der Waals surface area contributed by atoms with E-state index in [0.29, 0.717) is 12.5 Å². The van der Waals surface area contributed by atoms with E-state index in [1.165, 1.54) is 0 Å². The summed E-state index contributed by atoms with van der Waals surface area (Å²) in [6.45, 7) is 2.60. The Kier molecular flexibility index (Phi) is 6.56. The number of rotatable bonds is 7. The van der Waals surface area contributed by atoms with Crippen molar-refractivity contribution < 1.29 is 4.74 Å². The van der Waals surface area contributed by atoms with Gasteiger partial charge < -0.3 is 9.72 Å². The number of methoxy groups -OCH3 is 1. The number of benzene rings is 1. The Morgan fingerprint density at radius 3 is 2.88 bits per heavy atom. The highest BCUT2D eigenvalue weighted by atomic mass is 35.5. The molecule has 26 heavy (non-hydrogen) atoms. The van der Waals surface area contributed by atoms with E-state index in [1.54, 1.807) is 18.9 Å². The third kappa shape index (κ3) is 4.04. The molecule has 3 aromatic rings. The van der Waals surface area contributed by atoms with Crippen LogP contribution in [0.3, 0.4) is 0 Å². The maximum atomic E-state index is 5.81. The molecule has 3 nitrogen and oxygen atoms in total. The molecule has 134 valence electrons. The smallest absolute Gasteiger partial charge is 0.138 e. The molecule has 0 spiro atoms. The van der Waals surface area contributed by atoms with Gasteiger partial charge >= 0.3 is 0 Å². The molecular weight excluding hydrogens is 364 g/mol. The van der Waals surface area contributed by atoms with Crippen LogP contribution >= 0.6 is 23.4 Å². The van der Waals surface area contributed by atoms with Crippen molar-refractivity contribution >= 4 is 34.4 Å². The molecule has 0 saturated heterocycles. The first-order valence-electron chi connectivity index (χ1n) is 8.39. The molecule has 0 unspecified atom stereocenters. The summed E-state index contributed by atoms with van der Waals surface area (Å²) in [4.78, 5) is 10.3. The minimum absolute atomic E-state index is 0.497. The van der Waals surface area contributed by atoms with E-state index in [0.717, 1.165) is 37.7 Å². The number of allylic oxidation sites excluding steroid dienone is 3. The Bertz CT molecular complexity index is 946. The summed E-state index contributed by atoms with van der Waals surface area (Å²) in [6, 6.07) is 12.4. The number of H-pyrrole nitrogens is 1. The number of halogens is 1. The van der Waals surface area contributed by atoms with Gasteiger partial charge in [-0.3, -0.25) is 0 Å². The number of aromatic nitrogens is 2. The largest absolute Gasteiger partial charge is 0.380 e. The van der Waals surface area contributed by atoms with Gasteiger partial charge in [0.1, 0.15) is 5.65 Å². The first-order valence-corrected chi connectivity index (χ1v) is 9.74. The maximum Gasteiger partial charge on any atom is 0.138 e. The van der Waals surface area contributed by atoms with Gasteiger partial charge in [0.05, 0.1) is 12.3 Å². The lowest BCUT2D eigenvalue weighted by molar-refractivity contribution is 0.185. The second-order valence-electron chi connectivity index (χ2n) is 5.67. The van der Waals surface area contributed by atoms with Crippen molar-refractivity contribution in [2.45, 2.75) is 18.4 Å². The van der Waals surface area contributed by atoms with Crippen molar-refractivity contribution in [2.24, 2.45) is 0 Å². The second kappa shape index (κ2) is 9.08. The normalized spacial score (nSPS) is 12.3. The van der Waals surface area contributed by atoms with Crippen molar-refractivity contribution in [2.75, 3.05) is 13.0 Å². The number of hydrogen-bond acceptors (Lipinski definition) is 3. The molecule has 0 bridgehead atoms. The average Bonchev–Trinajstić information content (AvgIpc) is 3.04. The quantitative estimate of drug-likeness (QED) is 0.301. The first kappa shape index (κ1) is 18.8. The third-order valence-electron chi connectivity index (χ3n) is 3.98. The number of thioether (sulfide) groups is 1. The Hall–Kier alpha value is -2.01. The number of alkyl halides is 1. The number of ether oxygens (including phenoxy) is 1. The molecule has 0 aliphatic heterocycles.